The van der Waals surface area contributed by atoms with E-state index in [4.69, 9.17) is 0 Å². The molecule has 1 heterocycles. The molecule has 5 nitrogen and oxygen atoms in total. The number of nitrogens with one attached hydrogen (secondary N) is 1. The SMILES string of the molecule is CCC(C)(C)N(C)C(=O)NC(C(=O)O)c1cccs1. The van der Waals surface area contributed by atoms with Crippen molar-refractivity contribution in [3.8, 4) is 0 Å². The maximum Gasteiger partial charge on any atom is 0.331 e. The molecule has 2 N–H and O–H groups in total. The monoisotopic (exact) mass is 284 g/mol. The van der Waals surface area contributed by atoms with Gasteiger partial charge < -0.3 is 15.3 Å². The number of aliphatic carboxylic acids is 1. The van der Waals surface area contributed by atoms with E-state index < -0.39 is 12.0 Å². The van der Waals surface area contributed by atoms with E-state index in [1.165, 1.54) is 16.2 Å². The molecule has 0 saturated heterocycles. The minimum atomic E-state index is -1.06. The topological polar surface area (TPSA) is 69.6 Å². The number of carboxylic acids is 1. The summed E-state index contributed by atoms with van der Waals surface area (Å²) in [6, 6.07) is 2.09. The minimum Gasteiger partial charge on any atom is -0.479 e. The molecule has 106 valence electrons. The number of carbonyl (C=O) groups is 2. The Balaban J connectivity index is 2.81. The van der Waals surface area contributed by atoms with E-state index in [-0.39, 0.29) is 11.6 Å². The number of rotatable bonds is 5. The highest BCUT2D eigenvalue weighted by Crippen LogP contribution is 2.21. The lowest BCUT2D eigenvalue weighted by atomic mass is 10.0. The fourth-order valence-electron chi connectivity index (χ4n) is 1.44. The van der Waals surface area contributed by atoms with E-state index in [2.05, 4.69) is 5.32 Å². The van der Waals surface area contributed by atoms with Crippen molar-refractivity contribution in [2.24, 2.45) is 0 Å². The smallest absolute Gasteiger partial charge is 0.331 e. The normalized spacial score (nSPS) is 12.8. The zero-order valence-electron chi connectivity index (χ0n) is 11.6. The average Bonchev–Trinajstić information content (AvgIpc) is 2.87. The third-order valence-corrected chi connectivity index (χ3v) is 4.36. The second-order valence-corrected chi connectivity index (χ2v) is 5.94. The van der Waals surface area contributed by atoms with Crippen molar-refractivity contribution >= 4 is 23.3 Å². The highest BCUT2D eigenvalue weighted by molar-refractivity contribution is 7.10. The number of urea groups is 1. The van der Waals surface area contributed by atoms with Gasteiger partial charge in [0.05, 0.1) is 0 Å². The minimum absolute atomic E-state index is 0.317. The lowest BCUT2D eigenvalue weighted by Gasteiger charge is -2.35. The first kappa shape index (κ1) is 15.5. The van der Waals surface area contributed by atoms with E-state index in [9.17, 15) is 14.7 Å². The number of hydrogen-bond donors (Lipinski definition) is 2. The molecule has 1 rings (SSSR count). The van der Waals surface area contributed by atoms with E-state index in [0.717, 1.165) is 6.42 Å². The maximum atomic E-state index is 12.1. The van der Waals surface area contributed by atoms with Crippen LogP contribution in [0.3, 0.4) is 0 Å². The predicted molar refractivity (Wildman–Crippen MR) is 75.4 cm³/mol. The maximum absolute atomic E-state index is 12.1. The molecule has 6 heteroatoms. The molecule has 0 bridgehead atoms. The van der Waals surface area contributed by atoms with Crippen LogP contribution in [0.15, 0.2) is 17.5 Å². The summed E-state index contributed by atoms with van der Waals surface area (Å²) in [5.74, 6) is -1.06. The molecule has 1 aromatic rings. The lowest BCUT2D eigenvalue weighted by Crippen LogP contribution is -2.50. The number of thiophene rings is 1. The lowest BCUT2D eigenvalue weighted by molar-refractivity contribution is -0.139. The van der Waals surface area contributed by atoms with E-state index in [1.807, 2.05) is 20.8 Å². The van der Waals surface area contributed by atoms with Gasteiger partial charge in [-0.05, 0) is 31.7 Å². The third-order valence-electron chi connectivity index (χ3n) is 3.42. The van der Waals surface area contributed by atoms with Crippen LogP contribution in [-0.4, -0.2) is 34.6 Å². The van der Waals surface area contributed by atoms with Gasteiger partial charge in [0, 0.05) is 17.5 Å². The van der Waals surface area contributed by atoms with Crippen LogP contribution >= 0.6 is 11.3 Å². The highest BCUT2D eigenvalue weighted by atomic mass is 32.1. The zero-order chi connectivity index (χ0) is 14.6. The number of carboxylic acid groups (broad SMARTS) is 1. The Hall–Kier alpha value is -1.56. The first-order valence-corrected chi connectivity index (χ1v) is 6.98. The quantitative estimate of drug-likeness (QED) is 0.873. The van der Waals surface area contributed by atoms with Gasteiger partial charge in [-0.3, -0.25) is 0 Å². The van der Waals surface area contributed by atoms with Crippen molar-refractivity contribution in [1.29, 1.82) is 0 Å². The van der Waals surface area contributed by atoms with Gasteiger partial charge >= 0.3 is 12.0 Å². The van der Waals surface area contributed by atoms with Crippen LogP contribution in [-0.2, 0) is 4.79 Å². The van der Waals surface area contributed by atoms with Crippen LogP contribution in [0.2, 0.25) is 0 Å². The van der Waals surface area contributed by atoms with Crippen LogP contribution in [0.1, 0.15) is 38.1 Å². The third kappa shape index (κ3) is 3.70. The number of nitrogens with zero attached hydrogens (tertiary/aromatic N) is 1. The predicted octanol–water partition coefficient (Wildman–Crippen LogP) is 2.70. The van der Waals surface area contributed by atoms with Gasteiger partial charge in [-0.15, -0.1) is 11.3 Å². The van der Waals surface area contributed by atoms with Crippen LogP contribution in [0, 0.1) is 0 Å². The number of carbonyl (C=O) groups excluding carboxylic acids is 1. The molecule has 0 spiro atoms. The molecule has 1 atom stereocenters. The molecule has 0 fully saturated rings. The average molecular weight is 284 g/mol. The Bertz CT molecular complexity index is 443. The van der Waals surface area contributed by atoms with E-state index in [1.54, 1.807) is 24.6 Å². The molecule has 19 heavy (non-hydrogen) atoms. The standard InChI is InChI=1S/C13H20N2O3S/c1-5-13(2,3)15(4)12(18)14-10(11(16)17)9-7-6-8-19-9/h6-8,10H,5H2,1-4H3,(H,14,18)(H,16,17). The van der Waals surface area contributed by atoms with E-state index >= 15 is 0 Å². The second kappa shape index (κ2) is 6.06. The molecule has 0 aliphatic rings. The Kier molecular flexibility index (Phi) is 4.94. The van der Waals surface area contributed by atoms with Crippen molar-refractivity contribution in [3.63, 3.8) is 0 Å². The van der Waals surface area contributed by atoms with Gasteiger partial charge in [0.15, 0.2) is 6.04 Å². The zero-order valence-corrected chi connectivity index (χ0v) is 12.5. The first-order valence-electron chi connectivity index (χ1n) is 6.10. The van der Waals surface area contributed by atoms with Crippen LogP contribution in [0.5, 0.6) is 0 Å². The van der Waals surface area contributed by atoms with Crippen molar-refractivity contribution in [1.82, 2.24) is 10.2 Å². The Labute approximate surface area is 117 Å². The summed E-state index contributed by atoms with van der Waals surface area (Å²) in [5, 5.41) is 13.6. The fourth-order valence-corrected chi connectivity index (χ4v) is 2.21. The molecule has 0 aliphatic heterocycles. The van der Waals surface area contributed by atoms with Crippen molar-refractivity contribution in [3.05, 3.63) is 22.4 Å². The van der Waals surface area contributed by atoms with Crippen LogP contribution in [0.25, 0.3) is 0 Å². The van der Waals surface area contributed by atoms with Crippen molar-refractivity contribution in [2.45, 2.75) is 38.8 Å². The van der Waals surface area contributed by atoms with Gasteiger partial charge in [0.1, 0.15) is 0 Å². The van der Waals surface area contributed by atoms with Crippen LogP contribution < -0.4 is 5.32 Å². The summed E-state index contributed by atoms with van der Waals surface area (Å²) in [4.78, 5) is 25.5. The molecule has 0 aromatic carbocycles. The summed E-state index contributed by atoms with van der Waals surface area (Å²) >= 11 is 1.31. The fraction of sp³-hybridized carbons (Fsp3) is 0.538. The molecule has 1 unspecified atom stereocenters. The summed E-state index contributed by atoms with van der Waals surface area (Å²) in [6.07, 6.45) is 0.785. The van der Waals surface area contributed by atoms with Gasteiger partial charge in [-0.2, -0.15) is 0 Å². The van der Waals surface area contributed by atoms with Crippen molar-refractivity contribution < 1.29 is 14.7 Å². The summed E-state index contributed by atoms with van der Waals surface area (Å²) in [6.45, 7) is 5.86. The van der Waals surface area contributed by atoms with Gasteiger partial charge in [0.2, 0.25) is 0 Å². The molecule has 0 aliphatic carbocycles. The van der Waals surface area contributed by atoms with Crippen molar-refractivity contribution in [2.75, 3.05) is 7.05 Å². The number of hydrogen-bond acceptors (Lipinski definition) is 3. The molecule has 0 radical (unpaired) electrons. The molecular formula is C13H20N2O3S. The molecular weight excluding hydrogens is 264 g/mol. The second-order valence-electron chi connectivity index (χ2n) is 4.96. The Morgan fingerprint density at radius 1 is 1.53 bits per heavy atom. The van der Waals surface area contributed by atoms with Gasteiger partial charge in [0.25, 0.3) is 0 Å². The first-order chi connectivity index (χ1) is 8.79. The Morgan fingerprint density at radius 3 is 2.58 bits per heavy atom. The number of amides is 2. The largest absolute Gasteiger partial charge is 0.479 e. The van der Waals surface area contributed by atoms with Gasteiger partial charge in [-0.1, -0.05) is 13.0 Å². The summed E-state index contributed by atoms with van der Waals surface area (Å²) in [5.41, 5.74) is -0.317. The molecule has 0 saturated carbocycles. The summed E-state index contributed by atoms with van der Waals surface area (Å²) in [7, 11) is 1.67. The summed E-state index contributed by atoms with van der Waals surface area (Å²) < 4.78 is 0. The molecule has 2 amide bonds. The van der Waals surface area contributed by atoms with E-state index in [0.29, 0.717) is 4.88 Å². The Morgan fingerprint density at radius 2 is 2.16 bits per heavy atom. The molecule has 1 aromatic heterocycles. The van der Waals surface area contributed by atoms with Crippen LogP contribution in [0.4, 0.5) is 4.79 Å². The highest BCUT2D eigenvalue weighted by Gasteiger charge is 2.30. The van der Waals surface area contributed by atoms with Gasteiger partial charge in [-0.25, -0.2) is 9.59 Å².